The molecular weight excluding hydrogens is 406 g/mol. The minimum Gasteiger partial charge on any atom is -0.478 e. The Kier molecular flexibility index (Phi) is 5.40. The van der Waals surface area contributed by atoms with E-state index in [9.17, 15) is 19.5 Å². The second kappa shape index (κ2) is 8.19. The van der Waals surface area contributed by atoms with Crippen LogP contribution in [0.2, 0.25) is 0 Å². The summed E-state index contributed by atoms with van der Waals surface area (Å²) in [5.41, 5.74) is 4.80. The minimum atomic E-state index is -1.02. The molecule has 7 nitrogen and oxygen atoms in total. The highest BCUT2D eigenvalue weighted by Gasteiger charge is 2.27. The van der Waals surface area contributed by atoms with Crippen molar-refractivity contribution in [3.05, 3.63) is 87.7 Å². The predicted octanol–water partition coefficient (Wildman–Crippen LogP) is 4.31. The lowest BCUT2D eigenvalue weighted by Crippen LogP contribution is -2.26. The highest BCUT2D eigenvalue weighted by Crippen LogP contribution is 2.35. The Morgan fingerprint density at radius 3 is 2.47 bits per heavy atom. The van der Waals surface area contributed by atoms with Crippen LogP contribution in [0.1, 0.15) is 61.8 Å². The van der Waals surface area contributed by atoms with E-state index in [1.165, 1.54) is 0 Å². The third-order valence-electron chi connectivity index (χ3n) is 5.69. The van der Waals surface area contributed by atoms with Gasteiger partial charge >= 0.3 is 5.97 Å². The first-order chi connectivity index (χ1) is 15.3. The molecule has 1 atom stereocenters. The first kappa shape index (κ1) is 21.1. The number of aromatic carboxylic acids is 1. The molecule has 7 heteroatoms. The molecule has 4 N–H and O–H groups in total. The molecule has 162 valence electrons. The third kappa shape index (κ3) is 3.80. The van der Waals surface area contributed by atoms with Crippen molar-refractivity contribution in [1.29, 1.82) is 0 Å². The normalized spacial score (nSPS) is 14.7. The topological polar surface area (TPSA) is 111 Å². The fraction of sp³-hybridized carbons (Fsp3) is 0.160. The average molecular weight is 429 g/mol. The van der Waals surface area contributed by atoms with Crippen LogP contribution in [0.25, 0.3) is 11.6 Å². The van der Waals surface area contributed by atoms with Gasteiger partial charge in [-0.25, -0.2) is 4.79 Å². The first-order valence-corrected chi connectivity index (χ1v) is 10.2. The van der Waals surface area contributed by atoms with Crippen molar-refractivity contribution in [2.45, 2.75) is 26.8 Å². The molecule has 2 aromatic carbocycles. The Morgan fingerprint density at radius 1 is 1.09 bits per heavy atom. The van der Waals surface area contributed by atoms with Gasteiger partial charge in [-0.05, 0) is 56.2 Å². The van der Waals surface area contributed by atoms with Crippen LogP contribution in [0.5, 0.6) is 0 Å². The number of H-pyrrole nitrogens is 1. The maximum atomic E-state index is 12.8. The number of carboxylic acid groups (broad SMARTS) is 1. The van der Waals surface area contributed by atoms with Crippen molar-refractivity contribution in [1.82, 2.24) is 10.3 Å². The fourth-order valence-corrected chi connectivity index (χ4v) is 3.96. The number of rotatable bonds is 5. The lowest BCUT2D eigenvalue weighted by molar-refractivity contribution is -0.110. The average Bonchev–Trinajstić information content (AvgIpc) is 3.23. The van der Waals surface area contributed by atoms with Gasteiger partial charge in [0, 0.05) is 28.2 Å². The van der Waals surface area contributed by atoms with E-state index in [0.717, 1.165) is 5.56 Å². The van der Waals surface area contributed by atoms with Crippen molar-refractivity contribution >= 4 is 35.1 Å². The van der Waals surface area contributed by atoms with Crippen molar-refractivity contribution < 1.29 is 19.5 Å². The zero-order valence-electron chi connectivity index (χ0n) is 17.9. The van der Waals surface area contributed by atoms with Gasteiger partial charge < -0.3 is 20.7 Å². The molecule has 1 unspecified atom stereocenters. The molecule has 4 rings (SSSR count). The Balaban J connectivity index is 1.66. The van der Waals surface area contributed by atoms with Gasteiger partial charge in [-0.3, -0.25) is 9.59 Å². The monoisotopic (exact) mass is 429 g/mol. The molecule has 0 saturated carbocycles. The summed E-state index contributed by atoms with van der Waals surface area (Å²) in [6, 6.07) is 14.5. The molecule has 2 amide bonds. The van der Waals surface area contributed by atoms with Crippen molar-refractivity contribution in [3.63, 3.8) is 0 Å². The van der Waals surface area contributed by atoms with Crippen LogP contribution in [-0.4, -0.2) is 27.9 Å². The summed E-state index contributed by atoms with van der Waals surface area (Å²) in [4.78, 5) is 40.0. The zero-order valence-corrected chi connectivity index (χ0v) is 17.9. The van der Waals surface area contributed by atoms with E-state index in [2.05, 4.69) is 15.6 Å². The van der Waals surface area contributed by atoms with Crippen LogP contribution in [-0.2, 0) is 4.79 Å². The van der Waals surface area contributed by atoms with Gasteiger partial charge in [-0.1, -0.05) is 30.3 Å². The highest BCUT2D eigenvalue weighted by molar-refractivity contribution is 6.35. The SMILES string of the molecule is Cc1[nH]c(C=C2C(=O)Nc3ccc(C(=O)NC(C)c4ccccc4)cc32)c(C)c1C(=O)O. The molecule has 0 bridgehead atoms. The Morgan fingerprint density at radius 2 is 1.81 bits per heavy atom. The van der Waals surface area contributed by atoms with Crippen LogP contribution < -0.4 is 10.6 Å². The largest absolute Gasteiger partial charge is 0.478 e. The number of hydrogen-bond acceptors (Lipinski definition) is 3. The third-order valence-corrected chi connectivity index (χ3v) is 5.69. The second-order valence-electron chi connectivity index (χ2n) is 7.85. The predicted molar refractivity (Wildman–Crippen MR) is 122 cm³/mol. The number of amides is 2. The van der Waals surface area contributed by atoms with E-state index < -0.39 is 5.97 Å². The van der Waals surface area contributed by atoms with Crippen molar-refractivity contribution in [2.75, 3.05) is 5.32 Å². The number of aromatic amines is 1. The van der Waals surface area contributed by atoms with Crippen molar-refractivity contribution in [2.24, 2.45) is 0 Å². The molecule has 3 aromatic rings. The van der Waals surface area contributed by atoms with Crippen LogP contribution in [0.15, 0.2) is 48.5 Å². The lowest BCUT2D eigenvalue weighted by atomic mass is 10.0. The molecule has 0 aliphatic carbocycles. The van der Waals surface area contributed by atoms with E-state index in [0.29, 0.717) is 39.3 Å². The Bertz CT molecular complexity index is 1270. The molecular formula is C25H23N3O4. The van der Waals surface area contributed by atoms with E-state index in [-0.39, 0.29) is 23.4 Å². The quantitative estimate of drug-likeness (QED) is 0.453. The summed E-state index contributed by atoms with van der Waals surface area (Å²) < 4.78 is 0. The molecule has 1 aliphatic rings. The number of aromatic nitrogens is 1. The molecule has 0 fully saturated rings. The summed E-state index contributed by atoms with van der Waals surface area (Å²) in [5, 5.41) is 15.2. The molecule has 0 saturated heterocycles. The highest BCUT2D eigenvalue weighted by atomic mass is 16.4. The smallest absolute Gasteiger partial charge is 0.337 e. The fourth-order valence-electron chi connectivity index (χ4n) is 3.96. The first-order valence-electron chi connectivity index (χ1n) is 10.2. The number of benzene rings is 2. The number of hydrogen-bond donors (Lipinski definition) is 4. The van der Waals surface area contributed by atoms with Crippen LogP contribution >= 0.6 is 0 Å². The van der Waals surface area contributed by atoms with E-state index >= 15 is 0 Å². The molecule has 2 heterocycles. The van der Waals surface area contributed by atoms with Crippen LogP contribution in [0.4, 0.5) is 5.69 Å². The van der Waals surface area contributed by atoms with Gasteiger partial charge in [0.05, 0.1) is 17.2 Å². The molecule has 0 spiro atoms. The molecule has 1 aliphatic heterocycles. The van der Waals surface area contributed by atoms with Gasteiger partial charge in [-0.15, -0.1) is 0 Å². The number of carboxylic acids is 1. The number of carbonyl (C=O) groups is 3. The second-order valence-corrected chi connectivity index (χ2v) is 7.85. The van der Waals surface area contributed by atoms with E-state index in [4.69, 9.17) is 0 Å². The van der Waals surface area contributed by atoms with Crippen LogP contribution in [0, 0.1) is 13.8 Å². The number of anilines is 1. The minimum absolute atomic E-state index is 0.175. The maximum absolute atomic E-state index is 12.8. The standard InChI is InChI=1S/C25H23N3O4/c1-13-21(26-15(3)22(13)25(31)32)12-19-18-11-17(9-10-20(18)28-24(19)30)23(29)27-14(2)16-7-5-4-6-8-16/h4-12,14,26H,1-3H3,(H,27,29)(H,28,30)(H,31,32). The summed E-state index contributed by atoms with van der Waals surface area (Å²) in [5.74, 6) is -1.58. The van der Waals surface area contributed by atoms with Gasteiger partial charge in [0.2, 0.25) is 0 Å². The Hall–Kier alpha value is -4.13. The zero-order chi connectivity index (χ0) is 23.0. The molecule has 32 heavy (non-hydrogen) atoms. The summed E-state index contributed by atoms with van der Waals surface area (Å²) in [7, 11) is 0. The maximum Gasteiger partial charge on any atom is 0.337 e. The number of nitrogens with one attached hydrogen (secondary N) is 3. The number of aryl methyl sites for hydroxylation is 1. The van der Waals surface area contributed by atoms with E-state index in [1.54, 1.807) is 38.1 Å². The van der Waals surface area contributed by atoms with Crippen molar-refractivity contribution in [3.8, 4) is 0 Å². The summed E-state index contributed by atoms with van der Waals surface area (Å²) >= 11 is 0. The van der Waals surface area contributed by atoms with Crippen LogP contribution in [0.3, 0.4) is 0 Å². The lowest BCUT2D eigenvalue weighted by Gasteiger charge is -2.14. The number of carbonyl (C=O) groups excluding carboxylic acids is 2. The van der Waals surface area contributed by atoms with Gasteiger partial charge in [-0.2, -0.15) is 0 Å². The molecule has 1 aromatic heterocycles. The summed E-state index contributed by atoms with van der Waals surface area (Å²) in [6.45, 7) is 5.28. The van der Waals surface area contributed by atoms with Gasteiger partial charge in [0.15, 0.2) is 0 Å². The molecule has 0 radical (unpaired) electrons. The Labute approximate surface area is 185 Å². The van der Waals surface area contributed by atoms with Gasteiger partial charge in [0.25, 0.3) is 11.8 Å². The number of fused-ring (bicyclic) bond motifs is 1. The van der Waals surface area contributed by atoms with E-state index in [1.807, 2.05) is 37.3 Å². The summed E-state index contributed by atoms with van der Waals surface area (Å²) in [6.07, 6.45) is 1.63. The van der Waals surface area contributed by atoms with Gasteiger partial charge in [0.1, 0.15) is 0 Å².